The van der Waals surface area contributed by atoms with Gasteiger partial charge in [0.15, 0.2) is 0 Å². The Labute approximate surface area is 142 Å². The SMILES string of the molecule is CCOC(=O)CCOCC(CCC(C)(F)F)NC(=O)OC(C)(C)C. The maximum absolute atomic E-state index is 13.0. The van der Waals surface area contributed by atoms with Crippen molar-refractivity contribution < 1.29 is 32.6 Å². The topological polar surface area (TPSA) is 73.9 Å². The van der Waals surface area contributed by atoms with Crippen LogP contribution in [0.15, 0.2) is 0 Å². The van der Waals surface area contributed by atoms with Crippen LogP contribution >= 0.6 is 0 Å². The van der Waals surface area contributed by atoms with Crippen molar-refractivity contribution in [2.45, 2.75) is 71.4 Å². The molecule has 8 heteroatoms. The number of hydrogen-bond donors (Lipinski definition) is 1. The van der Waals surface area contributed by atoms with Gasteiger partial charge in [0.1, 0.15) is 5.60 Å². The summed E-state index contributed by atoms with van der Waals surface area (Å²) < 4.78 is 41.2. The minimum atomic E-state index is -2.83. The van der Waals surface area contributed by atoms with E-state index in [1.807, 2.05) is 0 Å². The van der Waals surface area contributed by atoms with Crippen molar-refractivity contribution in [3.63, 3.8) is 0 Å². The number of nitrogens with one attached hydrogen (secondary N) is 1. The smallest absolute Gasteiger partial charge is 0.407 e. The van der Waals surface area contributed by atoms with Gasteiger partial charge in [-0.1, -0.05) is 0 Å². The zero-order valence-electron chi connectivity index (χ0n) is 15.1. The van der Waals surface area contributed by atoms with Crippen molar-refractivity contribution >= 4 is 12.1 Å². The summed E-state index contributed by atoms with van der Waals surface area (Å²) in [5.41, 5.74) is -0.686. The quantitative estimate of drug-likeness (QED) is 0.482. The van der Waals surface area contributed by atoms with E-state index in [1.54, 1.807) is 27.7 Å². The first-order chi connectivity index (χ1) is 10.9. The summed E-state index contributed by atoms with van der Waals surface area (Å²) in [7, 11) is 0. The third kappa shape index (κ3) is 14.2. The van der Waals surface area contributed by atoms with Crippen LogP contribution in [0.2, 0.25) is 0 Å². The van der Waals surface area contributed by atoms with E-state index in [4.69, 9.17) is 14.2 Å². The second kappa shape index (κ2) is 10.4. The van der Waals surface area contributed by atoms with Crippen LogP contribution in [0.3, 0.4) is 0 Å². The van der Waals surface area contributed by atoms with E-state index in [9.17, 15) is 18.4 Å². The number of alkyl halides is 2. The minimum absolute atomic E-state index is 0.00866. The molecule has 0 radical (unpaired) electrons. The molecule has 0 saturated carbocycles. The molecule has 0 heterocycles. The van der Waals surface area contributed by atoms with E-state index < -0.39 is 36.0 Å². The summed E-state index contributed by atoms with van der Waals surface area (Å²) in [5, 5.41) is 2.52. The van der Waals surface area contributed by atoms with Gasteiger partial charge in [-0.25, -0.2) is 13.6 Å². The molecular formula is C16H29F2NO5. The minimum Gasteiger partial charge on any atom is -0.466 e. The highest BCUT2D eigenvalue weighted by molar-refractivity contribution is 5.69. The Hall–Kier alpha value is -1.44. The van der Waals surface area contributed by atoms with Gasteiger partial charge >= 0.3 is 12.1 Å². The Balaban J connectivity index is 4.37. The molecule has 0 bridgehead atoms. The van der Waals surface area contributed by atoms with Gasteiger partial charge in [-0.3, -0.25) is 4.79 Å². The van der Waals surface area contributed by atoms with E-state index in [2.05, 4.69) is 5.32 Å². The van der Waals surface area contributed by atoms with E-state index in [1.165, 1.54) is 0 Å². The normalized spacial score (nSPS) is 13.3. The third-order valence-electron chi connectivity index (χ3n) is 2.73. The van der Waals surface area contributed by atoms with Gasteiger partial charge in [0, 0.05) is 6.42 Å². The predicted octanol–water partition coefficient (Wildman–Crippen LogP) is 3.28. The van der Waals surface area contributed by atoms with Crippen molar-refractivity contribution in [2.75, 3.05) is 19.8 Å². The molecule has 0 aromatic heterocycles. The van der Waals surface area contributed by atoms with Gasteiger partial charge in [0.2, 0.25) is 5.92 Å². The largest absolute Gasteiger partial charge is 0.466 e. The standard InChI is InChI=1S/C16H29F2NO5/c1-6-23-13(20)8-10-22-11-12(7-9-16(5,17)18)19-14(21)24-15(2,3)4/h12H,6-11H2,1-5H3,(H,19,21). The van der Waals surface area contributed by atoms with Crippen LogP contribution < -0.4 is 5.32 Å². The average molecular weight is 353 g/mol. The highest BCUT2D eigenvalue weighted by Gasteiger charge is 2.25. The monoisotopic (exact) mass is 353 g/mol. The zero-order chi connectivity index (χ0) is 18.8. The molecule has 142 valence electrons. The molecule has 1 N–H and O–H groups in total. The molecule has 0 rings (SSSR count). The zero-order valence-corrected chi connectivity index (χ0v) is 15.1. The summed E-state index contributed by atoms with van der Waals surface area (Å²) in [6.45, 7) is 8.02. The molecule has 0 aromatic carbocycles. The summed E-state index contributed by atoms with van der Waals surface area (Å²) in [4.78, 5) is 23.0. The maximum atomic E-state index is 13.0. The van der Waals surface area contributed by atoms with Crippen molar-refractivity contribution in [3.8, 4) is 0 Å². The molecule has 0 aromatic rings. The average Bonchev–Trinajstić information content (AvgIpc) is 2.37. The lowest BCUT2D eigenvalue weighted by atomic mass is 10.1. The first-order valence-electron chi connectivity index (χ1n) is 8.03. The van der Waals surface area contributed by atoms with Crippen molar-refractivity contribution in [3.05, 3.63) is 0 Å². The number of rotatable bonds is 10. The highest BCUT2D eigenvalue weighted by atomic mass is 19.3. The first-order valence-corrected chi connectivity index (χ1v) is 8.03. The number of alkyl carbamates (subject to hydrolysis) is 1. The number of amides is 1. The highest BCUT2D eigenvalue weighted by Crippen LogP contribution is 2.20. The molecule has 24 heavy (non-hydrogen) atoms. The molecule has 1 unspecified atom stereocenters. The molecule has 0 aliphatic rings. The Kier molecular flexibility index (Phi) is 9.80. The number of hydrogen-bond acceptors (Lipinski definition) is 5. The number of ether oxygens (including phenoxy) is 3. The molecule has 0 saturated heterocycles. The van der Waals surface area contributed by atoms with Crippen molar-refractivity contribution in [1.82, 2.24) is 5.32 Å². The third-order valence-corrected chi connectivity index (χ3v) is 2.73. The van der Waals surface area contributed by atoms with Crippen molar-refractivity contribution in [1.29, 1.82) is 0 Å². The van der Waals surface area contributed by atoms with Crippen LogP contribution in [-0.4, -0.2) is 49.4 Å². The second-order valence-electron chi connectivity index (χ2n) is 6.58. The Morgan fingerprint density at radius 3 is 2.29 bits per heavy atom. The lowest BCUT2D eigenvalue weighted by molar-refractivity contribution is -0.144. The van der Waals surface area contributed by atoms with Gasteiger partial charge in [-0.2, -0.15) is 0 Å². The molecular weight excluding hydrogens is 324 g/mol. The fraction of sp³-hybridized carbons (Fsp3) is 0.875. The van der Waals surface area contributed by atoms with Gasteiger partial charge in [0.05, 0.1) is 32.3 Å². The second-order valence-corrected chi connectivity index (χ2v) is 6.58. The first kappa shape index (κ1) is 22.6. The Bertz CT molecular complexity index is 391. The number of halogens is 2. The maximum Gasteiger partial charge on any atom is 0.407 e. The molecule has 6 nitrogen and oxygen atoms in total. The summed E-state index contributed by atoms with van der Waals surface area (Å²) in [6, 6.07) is -0.632. The van der Waals surface area contributed by atoms with Crippen LogP contribution in [0, 0.1) is 0 Å². The van der Waals surface area contributed by atoms with Crippen LogP contribution in [0.4, 0.5) is 13.6 Å². The van der Waals surface area contributed by atoms with Gasteiger partial charge < -0.3 is 19.5 Å². The van der Waals surface area contributed by atoms with E-state index >= 15 is 0 Å². The van der Waals surface area contributed by atoms with Gasteiger partial charge in [0.25, 0.3) is 0 Å². The number of esters is 1. The van der Waals surface area contributed by atoms with Crippen molar-refractivity contribution in [2.24, 2.45) is 0 Å². The van der Waals surface area contributed by atoms with Crippen LogP contribution in [0.1, 0.15) is 53.9 Å². The van der Waals surface area contributed by atoms with E-state index in [0.29, 0.717) is 0 Å². The number of carbonyl (C=O) groups excluding carboxylic acids is 2. The van der Waals surface area contributed by atoms with Crippen LogP contribution in [0.5, 0.6) is 0 Å². The Morgan fingerprint density at radius 1 is 1.17 bits per heavy atom. The molecule has 0 aliphatic heterocycles. The fourth-order valence-corrected chi connectivity index (χ4v) is 1.71. The van der Waals surface area contributed by atoms with Crippen LogP contribution in [0.25, 0.3) is 0 Å². The lowest BCUT2D eigenvalue weighted by Gasteiger charge is -2.24. The summed E-state index contributed by atoms with van der Waals surface area (Å²) in [6.07, 6.45) is -0.991. The van der Waals surface area contributed by atoms with Gasteiger partial charge in [-0.05, 0) is 41.0 Å². The summed E-state index contributed by atoms with van der Waals surface area (Å²) >= 11 is 0. The molecule has 0 spiro atoms. The van der Waals surface area contributed by atoms with E-state index in [0.717, 1.165) is 6.92 Å². The van der Waals surface area contributed by atoms with Gasteiger partial charge in [-0.15, -0.1) is 0 Å². The summed E-state index contributed by atoms with van der Waals surface area (Å²) in [5.74, 6) is -3.23. The Morgan fingerprint density at radius 2 is 1.79 bits per heavy atom. The predicted molar refractivity (Wildman–Crippen MR) is 85.1 cm³/mol. The molecule has 0 aliphatic carbocycles. The molecule has 0 fully saturated rings. The molecule has 1 atom stereocenters. The lowest BCUT2D eigenvalue weighted by Crippen LogP contribution is -2.42. The van der Waals surface area contributed by atoms with E-state index in [-0.39, 0.29) is 32.7 Å². The van der Waals surface area contributed by atoms with Crippen LogP contribution in [-0.2, 0) is 19.0 Å². The molecule has 1 amide bonds. The number of carbonyl (C=O) groups is 2. The fourth-order valence-electron chi connectivity index (χ4n) is 1.71.